The van der Waals surface area contributed by atoms with E-state index < -0.39 is 0 Å². The van der Waals surface area contributed by atoms with Gasteiger partial charge in [-0.2, -0.15) is 0 Å². The average molecular weight is 205 g/mol. The zero-order valence-corrected chi connectivity index (χ0v) is 9.75. The van der Waals surface area contributed by atoms with Crippen LogP contribution in [0.1, 0.15) is 32.1 Å². The van der Waals surface area contributed by atoms with Crippen LogP contribution in [-0.2, 0) is 0 Å². The second-order valence-electron chi connectivity index (χ2n) is 4.19. The summed E-state index contributed by atoms with van der Waals surface area (Å²) in [7, 11) is 0. The summed E-state index contributed by atoms with van der Waals surface area (Å²) in [6.45, 7) is 11.4. The number of nitrogens with zero attached hydrogens (tertiary/aromatic N) is 1. The summed E-state index contributed by atoms with van der Waals surface area (Å²) in [5.41, 5.74) is 1.31. The van der Waals surface area contributed by atoms with Gasteiger partial charge in [-0.15, -0.1) is 0 Å². The van der Waals surface area contributed by atoms with Crippen molar-refractivity contribution in [3.8, 4) is 0 Å². The van der Waals surface area contributed by atoms with Crippen molar-refractivity contribution in [2.45, 2.75) is 32.1 Å². The highest BCUT2D eigenvalue weighted by atomic mass is 15.1. The Balaban J connectivity index is 2.16. The Labute approximate surface area is 94.2 Å². The van der Waals surface area contributed by atoms with Crippen LogP contribution in [-0.4, -0.2) is 24.5 Å². The minimum atomic E-state index is 1.13. The van der Waals surface area contributed by atoms with Gasteiger partial charge in [0.15, 0.2) is 0 Å². The normalized spacial score (nSPS) is 18.8. The number of allylic oxidation sites excluding steroid dienone is 4. The first-order chi connectivity index (χ1) is 7.36. The fraction of sp³-hybridized carbons (Fsp3) is 0.571. The van der Waals surface area contributed by atoms with Crippen LogP contribution in [0.25, 0.3) is 0 Å². The van der Waals surface area contributed by atoms with E-state index in [-0.39, 0.29) is 0 Å². The molecule has 0 saturated carbocycles. The molecule has 0 atom stereocenters. The molecular formula is C14H23N. The van der Waals surface area contributed by atoms with Crippen LogP contribution in [0.5, 0.6) is 0 Å². The standard InChI is InChI=1S/C14H23N/c1-3-9-14(4-2)10-8-13-15-11-6-5-7-12-15/h3-4,9H,1-2,5-8,10-13H2/b14-9+. The highest BCUT2D eigenvalue weighted by Crippen LogP contribution is 2.12. The molecule has 0 aromatic carbocycles. The Morgan fingerprint density at radius 1 is 1.13 bits per heavy atom. The van der Waals surface area contributed by atoms with Crippen LogP contribution >= 0.6 is 0 Å². The molecule has 1 saturated heterocycles. The van der Waals surface area contributed by atoms with Crippen LogP contribution in [0.15, 0.2) is 37.0 Å². The Morgan fingerprint density at radius 3 is 2.47 bits per heavy atom. The van der Waals surface area contributed by atoms with E-state index in [4.69, 9.17) is 0 Å². The number of hydrogen-bond donors (Lipinski definition) is 0. The zero-order chi connectivity index (χ0) is 10.9. The van der Waals surface area contributed by atoms with Crippen molar-refractivity contribution < 1.29 is 0 Å². The van der Waals surface area contributed by atoms with Gasteiger partial charge in [0, 0.05) is 0 Å². The molecule has 84 valence electrons. The monoisotopic (exact) mass is 205 g/mol. The maximum Gasteiger partial charge on any atom is -0.00156 e. The molecule has 0 N–H and O–H groups in total. The van der Waals surface area contributed by atoms with Crippen molar-refractivity contribution in [2.75, 3.05) is 19.6 Å². The Kier molecular flexibility index (Phi) is 6.10. The van der Waals surface area contributed by atoms with Gasteiger partial charge in [-0.05, 0) is 50.9 Å². The first-order valence-corrected chi connectivity index (χ1v) is 6.03. The predicted molar refractivity (Wildman–Crippen MR) is 68.0 cm³/mol. The van der Waals surface area contributed by atoms with Crippen molar-refractivity contribution >= 4 is 0 Å². The van der Waals surface area contributed by atoms with Gasteiger partial charge in [0.25, 0.3) is 0 Å². The lowest BCUT2D eigenvalue weighted by Crippen LogP contribution is -2.30. The van der Waals surface area contributed by atoms with Gasteiger partial charge in [0.2, 0.25) is 0 Å². The van der Waals surface area contributed by atoms with E-state index in [1.165, 1.54) is 50.9 Å². The quantitative estimate of drug-likeness (QED) is 0.599. The number of piperidine rings is 1. The van der Waals surface area contributed by atoms with E-state index in [1.54, 1.807) is 0 Å². The average Bonchev–Trinajstić information content (AvgIpc) is 2.29. The lowest BCUT2D eigenvalue weighted by molar-refractivity contribution is 0.226. The molecule has 0 aliphatic carbocycles. The van der Waals surface area contributed by atoms with Gasteiger partial charge in [-0.25, -0.2) is 0 Å². The van der Waals surface area contributed by atoms with E-state index in [2.05, 4.69) is 24.1 Å². The summed E-state index contributed by atoms with van der Waals surface area (Å²) in [6.07, 6.45) is 12.4. The van der Waals surface area contributed by atoms with Gasteiger partial charge in [0.1, 0.15) is 0 Å². The molecule has 1 rings (SSSR count). The second kappa shape index (κ2) is 7.47. The van der Waals surface area contributed by atoms with Crippen molar-refractivity contribution in [1.82, 2.24) is 4.90 Å². The van der Waals surface area contributed by atoms with E-state index in [1.807, 2.05) is 12.2 Å². The first-order valence-electron chi connectivity index (χ1n) is 6.03. The minimum absolute atomic E-state index is 1.13. The fourth-order valence-corrected chi connectivity index (χ4v) is 2.09. The fourth-order valence-electron chi connectivity index (χ4n) is 2.09. The molecule has 0 unspecified atom stereocenters. The maximum atomic E-state index is 3.82. The molecule has 1 aliphatic rings. The lowest BCUT2D eigenvalue weighted by atomic mass is 10.1. The highest BCUT2D eigenvalue weighted by molar-refractivity contribution is 5.20. The third kappa shape index (κ3) is 4.98. The molecule has 0 radical (unpaired) electrons. The lowest BCUT2D eigenvalue weighted by Gasteiger charge is -2.26. The van der Waals surface area contributed by atoms with Crippen LogP contribution in [0, 0.1) is 0 Å². The minimum Gasteiger partial charge on any atom is -0.303 e. The van der Waals surface area contributed by atoms with Crippen LogP contribution < -0.4 is 0 Å². The molecule has 15 heavy (non-hydrogen) atoms. The summed E-state index contributed by atoms with van der Waals surface area (Å²) < 4.78 is 0. The van der Waals surface area contributed by atoms with E-state index >= 15 is 0 Å². The third-order valence-corrected chi connectivity index (χ3v) is 2.98. The van der Waals surface area contributed by atoms with E-state index in [0.29, 0.717) is 0 Å². The molecule has 0 amide bonds. The second-order valence-corrected chi connectivity index (χ2v) is 4.19. The first kappa shape index (κ1) is 12.3. The van der Waals surface area contributed by atoms with Gasteiger partial charge in [-0.1, -0.05) is 37.8 Å². The van der Waals surface area contributed by atoms with Crippen LogP contribution in [0.4, 0.5) is 0 Å². The molecule has 0 spiro atoms. The highest BCUT2D eigenvalue weighted by Gasteiger charge is 2.08. The van der Waals surface area contributed by atoms with Gasteiger partial charge in [-0.3, -0.25) is 0 Å². The molecule has 1 heteroatoms. The molecular weight excluding hydrogens is 182 g/mol. The third-order valence-electron chi connectivity index (χ3n) is 2.98. The van der Waals surface area contributed by atoms with Crippen LogP contribution in [0.2, 0.25) is 0 Å². The number of rotatable bonds is 6. The molecule has 1 heterocycles. The van der Waals surface area contributed by atoms with E-state index in [0.717, 1.165) is 6.42 Å². The maximum absolute atomic E-state index is 3.82. The van der Waals surface area contributed by atoms with Gasteiger partial charge >= 0.3 is 0 Å². The Morgan fingerprint density at radius 2 is 1.87 bits per heavy atom. The molecule has 1 nitrogen and oxygen atoms in total. The van der Waals surface area contributed by atoms with Crippen molar-refractivity contribution in [2.24, 2.45) is 0 Å². The smallest absolute Gasteiger partial charge is 0.00156 e. The van der Waals surface area contributed by atoms with Crippen molar-refractivity contribution in [3.05, 3.63) is 37.0 Å². The van der Waals surface area contributed by atoms with Crippen molar-refractivity contribution in [1.29, 1.82) is 0 Å². The summed E-state index contributed by atoms with van der Waals surface area (Å²) in [4.78, 5) is 2.58. The Bertz CT molecular complexity index is 221. The molecule has 1 aliphatic heterocycles. The number of likely N-dealkylation sites (tertiary alicyclic amines) is 1. The predicted octanol–water partition coefficient (Wildman–Crippen LogP) is 3.55. The van der Waals surface area contributed by atoms with Crippen molar-refractivity contribution in [3.63, 3.8) is 0 Å². The topological polar surface area (TPSA) is 3.24 Å². The molecule has 0 aromatic heterocycles. The Hall–Kier alpha value is -0.820. The summed E-state index contributed by atoms with van der Waals surface area (Å²) in [6, 6.07) is 0. The SMILES string of the molecule is C=C/C=C(\C=C)CCCN1CCCCC1. The van der Waals surface area contributed by atoms with Gasteiger partial charge < -0.3 is 4.90 Å². The molecule has 0 aromatic rings. The number of hydrogen-bond acceptors (Lipinski definition) is 1. The van der Waals surface area contributed by atoms with Gasteiger partial charge in [0.05, 0.1) is 0 Å². The zero-order valence-electron chi connectivity index (χ0n) is 9.75. The van der Waals surface area contributed by atoms with E-state index in [9.17, 15) is 0 Å². The molecule has 1 fully saturated rings. The largest absolute Gasteiger partial charge is 0.303 e. The molecule has 0 bridgehead atoms. The summed E-state index contributed by atoms with van der Waals surface area (Å²) in [5.74, 6) is 0. The van der Waals surface area contributed by atoms with Crippen LogP contribution in [0.3, 0.4) is 0 Å². The summed E-state index contributed by atoms with van der Waals surface area (Å²) in [5, 5.41) is 0. The summed E-state index contributed by atoms with van der Waals surface area (Å²) >= 11 is 0.